The maximum absolute atomic E-state index is 13.2. The molecule has 0 aliphatic carbocycles. The number of amides is 1. The van der Waals surface area contributed by atoms with Crippen LogP contribution in [0.2, 0.25) is 0 Å². The van der Waals surface area contributed by atoms with Gasteiger partial charge in [-0.3, -0.25) is 14.3 Å². The van der Waals surface area contributed by atoms with Gasteiger partial charge in [0.15, 0.2) is 0 Å². The molecule has 1 N–H and O–H groups in total. The molecule has 7 nitrogen and oxygen atoms in total. The van der Waals surface area contributed by atoms with Gasteiger partial charge in [0.25, 0.3) is 5.56 Å². The van der Waals surface area contributed by atoms with E-state index in [1.54, 1.807) is 10.9 Å². The molecule has 1 amide bonds. The molecular weight excluding hydrogens is 366 g/mol. The molecule has 0 fully saturated rings. The molecule has 3 rings (SSSR count). The summed E-state index contributed by atoms with van der Waals surface area (Å²) in [5.41, 5.74) is 3.33. The number of benzene rings is 1. The molecule has 29 heavy (non-hydrogen) atoms. The molecule has 2 heterocycles. The van der Waals surface area contributed by atoms with E-state index in [4.69, 9.17) is 0 Å². The van der Waals surface area contributed by atoms with E-state index in [-0.39, 0.29) is 29.5 Å². The van der Waals surface area contributed by atoms with Gasteiger partial charge in [0.1, 0.15) is 12.1 Å². The SMILES string of the molecule is Cc1ccc(C)c(NC(=O)Cn2nc(C(C)C)c3cnn(C(C)(C)C)c3c2=O)c1. The maximum atomic E-state index is 13.2. The van der Waals surface area contributed by atoms with Gasteiger partial charge < -0.3 is 5.32 Å². The number of hydrogen-bond donors (Lipinski definition) is 1. The highest BCUT2D eigenvalue weighted by Crippen LogP contribution is 2.24. The van der Waals surface area contributed by atoms with Crippen LogP contribution in [0.3, 0.4) is 0 Å². The Balaban J connectivity index is 2.05. The summed E-state index contributed by atoms with van der Waals surface area (Å²) < 4.78 is 2.97. The van der Waals surface area contributed by atoms with Crippen LogP contribution in [-0.4, -0.2) is 25.5 Å². The zero-order chi connectivity index (χ0) is 21.5. The molecule has 0 unspecified atom stereocenters. The van der Waals surface area contributed by atoms with Crippen molar-refractivity contribution in [2.24, 2.45) is 0 Å². The molecule has 154 valence electrons. The summed E-state index contributed by atoms with van der Waals surface area (Å²) in [6.45, 7) is 13.8. The number of fused-ring (bicyclic) bond motifs is 1. The van der Waals surface area contributed by atoms with E-state index in [1.165, 1.54) is 4.68 Å². The maximum Gasteiger partial charge on any atom is 0.293 e. The highest BCUT2D eigenvalue weighted by Gasteiger charge is 2.24. The number of hydrogen-bond acceptors (Lipinski definition) is 4. The van der Waals surface area contributed by atoms with Gasteiger partial charge in [0.2, 0.25) is 5.91 Å². The van der Waals surface area contributed by atoms with E-state index in [0.717, 1.165) is 27.9 Å². The Morgan fingerprint density at radius 3 is 2.52 bits per heavy atom. The summed E-state index contributed by atoms with van der Waals surface area (Å²) >= 11 is 0. The van der Waals surface area contributed by atoms with Gasteiger partial charge in [-0.1, -0.05) is 26.0 Å². The van der Waals surface area contributed by atoms with Crippen molar-refractivity contribution in [3.63, 3.8) is 0 Å². The van der Waals surface area contributed by atoms with Crippen molar-refractivity contribution >= 4 is 22.5 Å². The van der Waals surface area contributed by atoms with E-state index in [2.05, 4.69) is 15.5 Å². The van der Waals surface area contributed by atoms with Crippen molar-refractivity contribution in [1.82, 2.24) is 19.6 Å². The lowest BCUT2D eigenvalue weighted by Crippen LogP contribution is -2.34. The number of nitrogens with zero attached hydrogens (tertiary/aromatic N) is 4. The zero-order valence-electron chi connectivity index (χ0n) is 18.2. The van der Waals surface area contributed by atoms with Gasteiger partial charge >= 0.3 is 0 Å². The van der Waals surface area contributed by atoms with E-state index >= 15 is 0 Å². The Morgan fingerprint density at radius 1 is 1.21 bits per heavy atom. The molecular formula is C22H29N5O2. The first kappa shape index (κ1) is 20.8. The van der Waals surface area contributed by atoms with Crippen LogP contribution in [-0.2, 0) is 16.9 Å². The average Bonchev–Trinajstić information content (AvgIpc) is 3.06. The summed E-state index contributed by atoms with van der Waals surface area (Å²) in [5, 5.41) is 12.6. The normalized spacial score (nSPS) is 12.0. The van der Waals surface area contributed by atoms with Gasteiger partial charge in [-0.25, -0.2) is 4.68 Å². The fourth-order valence-electron chi connectivity index (χ4n) is 3.33. The lowest BCUT2D eigenvalue weighted by Gasteiger charge is -2.21. The van der Waals surface area contributed by atoms with Crippen LogP contribution >= 0.6 is 0 Å². The summed E-state index contributed by atoms with van der Waals surface area (Å²) in [7, 11) is 0. The third kappa shape index (κ3) is 4.09. The standard InChI is InChI=1S/C22H29N5O2/c1-13(2)19-16-11-23-27(22(5,6)7)20(16)21(29)26(25-19)12-18(28)24-17-10-14(3)8-9-15(17)4/h8-11,13H,12H2,1-7H3,(H,24,28). The minimum Gasteiger partial charge on any atom is -0.324 e. The second-order valence-corrected chi connectivity index (χ2v) is 8.86. The quantitative estimate of drug-likeness (QED) is 0.730. The number of aryl methyl sites for hydroxylation is 2. The second-order valence-electron chi connectivity index (χ2n) is 8.86. The largest absolute Gasteiger partial charge is 0.324 e. The smallest absolute Gasteiger partial charge is 0.293 e. The van der Waals surface area contributed by atoms with Crippen molar-refractivity contribution in [3.8, 4) is 0 Å². The predicted molar refractivity (Wildman–Crippen MR) is 115 cm³/mol. The van der Waals surface area contributed by atoms with Gasteiger partial charge in [-0.15, -0.1) is 0 Å². The molecule has 0 bridgehead atoms. The summed E-state index contributed by atoms with van der Waals surface area (Å²) in [5.74, 6) is -0.201. The van der Waals surface area contributed by atoms with Crippen LogP contribution in [0.5, 0.6) is 0 Å². The second kappa shape index (κ2) is 7.46. The highest BCUT2D eigenvalue weighted by atomic mass is 16.2. The van der Waals surface area contributed by atoms with Crippen molar-refractivity contribution in [1.29, 1.82) is 0 Å². The highest BCUT2D eigenvalue weighted by molar-refractivity contribution is 5.91. The van der Waals surface area contributed by atoms with Crippen LogP contribution in [0.15, 0.2) is 29.2 Å². The number of carbonyl (C=O) groups is 1. The monoisotopic (exact) mass is 395 g/mol. The minimum atomic E-state index is -0.366. The van der Waals surface area contributed by atoms with Gasteiger partial charge in [0, 0.05) is 11.1 Å². The molecule has 0 radical (unpaired) electrons. The van der Waals surface area contributed by atoms with Crippen molar-refractivity contribution in [2.45, 2.75) is 66.5 Å². The van der Waals surface area contributed by atoms with E-state index in [0.29, 0.717) is 5.52 Å². The van der Waals surface area contributed by atoms with Gasteiger partial charge in [-0.2, -0.15) is 10.2 Å². The molecule has 7 heteroatoms. The minimum absolute atomic E-state index is 0.0871. The molecule has 0 aliphatic heterocycles. The van der Waals surface area contributed by atoms with Gasteiger partial charge in [0.05, 0.1) is 17.4 Å². The predicted octanol–water partition coefficient (Wildman–Crippen LogP) is 3.73. The first-order valence-electron chi connectivity index (χ1n) is 9.85. The molecule has 0 atom stereocenters. The van der Waals surface area contributed by atoms with Crippen LogP contribution < -0.4 is 10.9 Å². The third-order valence-electron chi connectivity index (χ3n) is 4.85. The lowest BCUT2D eigenvalue weighted by molar-refractivity contribution is -0.117. The van der Waals surface area contributed by atoms with Crippen LogP contribution in [0, 0.1) is 13.8 Å². The molecule has 0 saturated carbocycles. The van der Waals surface area contributed by atoms with Crippen molar-refractivity contribution < 1.29 is 4.79 Å². The summed E-state index contributed by atoms with van der Waals surface area (Å²) in [6, 6.07) is 5.87. The molecule has 0 saturated heterocycles. The number of nitrogens with one attached hydrogen (secondary N) is 1. The average molecular weight is 396 g/mol. The Labute approximate surface area is 170 Å². The van der Waals surface area contributed by atoms with Crippen LogP contribution in [0.4, 0.5) is 5.69 Å². The first-order valence-corrected chi connectivity index (χ1v) is 9.85. The van der Waals surface area contributed by atoms with Crippen molar-refractivity contribution in [2.75, 3.05) is 5.32 Å². The fourth-order valence-corrected chi connectivity index (χ4v) is 3.33. The van der Waals surface area contributed by atoms with Crippen molar-refractivity contribution in [3.05, 3.63) is 51.6 Å². The lowest BCUT2D eigenvalue weighted by atomic mass is 10.1. The Morgan fingerprint density at radius 2 is 1.90 bits per heavy atom. The number of carbonyl (C=O) groups excluding carboxylic acids is 1. The zero-order valence-corrected chi connectivity index (χ0v) is 18.2. The van der Waals surface area contributed by atoms with E-state index in [9.17, 15) is 9.59 Å². The first-order chi connectivity index (χ1) is 13.5. The third-order valence-corrected chi connectivity index (χ3v) is 4.85. The molecule has 0 spiro atoms. The molecule has 2 aromatic heterocycles. The van der Waals surface area contributed by atoms with E-state index < -0.39 is 0 Å². The number of aromatic nitrogens is 4. The Hall–Kier alpha value is -2.96. The molecule has 1 aromatic carbocycles. The number of anilines is 1. The molecule has 0 aliphatic rings. The van der Waals surface area contributed by atoms with E-state index in [1.807, 2.05) is 66.7 Å². The molecule has 3 aromatic rings. The number of rotatable bonds is 4. The Bertz CT molecular complexity index is 1130. The summed E-state index contributed by atoms with van der Waals surface area (Å²) in [6.07, 6.45) is 1.70. The van der Waals surface area contributed by atoms with Crippen LogP contribution in [0.25, 0.3) is 10.9 Å². The van der Waals surface area contributed by atoms with Crippen LogP contribution in [0.1, 0.15) is 57.4 Å². The Kier molecular flexibility index (Phi) is 5.34. The topological polar surface area (TPSA) is 81.8 Å². The van der Waals surface area contributed by atoms with Gasteiger partial charge in [-0.05, 0) is 57.7 Å². The summed E-state index contributed by atoms with van der Waals surface area (Å²) in [4.78, 5) is 25.9. The fraction of sp³-hybridized carbons (Fsp3) is 0.455.